The quantitative estimate of drug-likeness (QED) is 0.669. The highest BCUT2D eigenvalue weighted by molar-refractivity contribution is 9.10. The van der Waals surface area contributed by atoms with Gasteiger partial charge in [-0.05, 0) is 35.7 Å². The van der Waals surface area contributed by atoms with Crippen molar-refractivity contribution >= 4 is 21.7 Å². The SMILES string of the molecule is Cc1nc(Br)cc(NCCOC2CCCCC2)n1. The molecule has 1 aromatic rings. The number of anilines is 1. The Hall–Kier alpha value is -0.680. The van der Waals surface area contributed by atoms with Crippen LogP contribution in [0, 0.1) is 6.92 Å². The van der Waals surface area contributed by atoms with Gasteiger partial charge in [0.25, 0.3) is 0 Å². The van der Waals surface area contributed by atoms with Crippen LogP contribution in [0.4, 0.5) is 5.82 Å². The number of hydrogen-bond donors (Lipinski definition) is 1. The third-order valence-electron chi connectivity index (χ3n) is 3.12. The van der Waals surface area contributed by atoms with Crippen LogP contribution in [-0.2, 0) is 4.74 Å². The second-order valence-corrected chi connectivity index (χ2v) is 5.49. The topological polar surface area (TPSA) is 47.0 Å². The summed E-state index contributed by atoms with van der Waals surface area (Å²) in [6, 6.07) is 1.88. The number of rotatable bonds is 5. The molecule has 0 saturated heterocycles. The van der Waals surface area contributed by atoms with Crippen molar-refractivity contribution in [1.82, 2.24) is 9.97 Å². The molecule has 1 saturated carbocycles. The summed E-state index contributed by atoms with van der Waals surface area (Å²) in [6.07, 6.45) is 6.91. The van der Waals surface area contributed by atoms with Crippen LogP contribution in [0.25, 0.3) is 0 Å². The van der Waals surface area contributed by atoms with E-state index in [2.05, 4.69) is 31.2 Å². The number of halogens is 1. The Morgan fingerprint density at radius 2 is 2.11 bits per heavy atom. The molecule has 5 heteroatoms. The number of aryl methyl sites for hydroxylation is 1. The molecule has 18 heavy (non-hydrogen) atoms. The molecular formula is C13H20BrN3O. The summed E-state index contributed by atoms with van der Waals surface area (Å²) in [5.74, 6) is 1.61. The lowest BCUT2D eigenvalue weighted by molar-refractivity contribution is 0.0347. The molecule has 0 amide bonds. The lowest BCUT2D eigenvalue weighted by Gasteiger charge is -2.22. The third kappa shape index (κ3) is 4.53. The van der Waals surface area contributed by atoms with Crippen LogP contribution in [0.15, 0.2) is 10.7 Å². The molecule has 100 valence electrons. The first-order chi connectivity index (χ1) is 8.74. The molecule has 0 bridgehead atoms. The maximum atomic E-state index is 5.85. The Kier molecular flexibility index (Phi) is 5.38. The Labute approximate surface area is 117 Å². The molecule has 0 radical (unpaired) electrons. The maximum absolute atomic E-state index is 5.85. The molecule has 0 aromatic carbocycles. The number of aromatic nitrogens is 2. The van der Waals surface area contributed by atoms with E-state index in [1.165, 1.54) is 32.1 Å². The van der Waals surface area contributed by atoms with Crippen LogP contribution in [0.1, 0.15) is 37.9 Å². The maximum Gasteiger partial charge on any atom is 0.130 e. The van der Waals surface area contributed by atoms with E-state index in [-0.39, 0.29) is 0 Å². The molecule has 1 aromatic heterocycles. The van der Waals surface area contributed by atoms with Crippen molar-refractivity contribution in [3.05, 3.63) is 16.5 Å². The van der Waals surface area contributed by atoms with E-state index in [0.29, 0.717) is 6.10 Å². The molecule has 2 rings (SSSR count). The van der Waals surface area contributed by atoms with Gasteiger partial charge in [-0.15, -0.1) is 0 Å². The van der Waals surface area contributed by atoms with Crippen LogP contribution >= 0.6 is 15.9 Å². The highest BCUT2D eigenvalue weighted by atomic mass is 79.9. The van der Waals surface area contributed by atoms with E-state index in [9.17, 15) is 0 Å². The van der Waals surface area contributed by atoms with Gasteiger partial charge in [-0.3, -0.25) is 0 Å². The number of nitrogens with one attached hydrogen (secondary N) is 1. The second kappa shape index (κ2) is 7.04. The lowest BCUT2D eigenvalue weighted by atomic mass is 9.98. The summed E-state index contributed by atoms with van der Waals surface area (Å²) in [5, 5.41) is 3.26. The molecular weight excluding hydrogens is 294 g/mol. The standard InChI is InChI=1S/C13H20BrN3O/c1-10-16-12(14)9-13(17-10)15-7-8-18-11-5-3-2-4-6-11/h9,11H,2-8H2,1H3,(H,15,16,17). The van der Waals surface area contributed by atoms with Gasteiger partial charge in [-0.1, -0.05) is 19.3 Å². The zero-order valence-electron chi connectivity index (χ0n) is 10.8. The van der Waals surface area contributed by atoms with E-state index in [0.717, 1.165) is 29.4 Å². The lowest BCUT2D eigenvalue weighted by Crippen LogP contribution is -2.20. The molecule has 0 atom stereocenters. The minimum atomic E-state index is 0.472. The molecule has 1 aliphatic carbocycles. The van der Waals surface area contributed by atoms with E-state index >= 15 is 0 Å². The minimum Gasteiger partial charge on any atom is -0.376 e. The van der Waals surface area contributed by atoms with Crippen molar-refractivity contribution in [1.29, 1.82) is 0 Å². The van der Waals surface area contributed by atoms with Crippen molar-refractivity contribution in [2.75, 3.05) is 18.5 Å². The van der Waals surface area contributed by atoms with Gasteiger partial charge in [0.15, 0.2) is 0 Å². The summed E-state index contributed by atoms with van der Waals surface area (Å²) in [7, 11) is 0. The number of hydrogen-bond acceptors (Lipinski definition) is 4. The van der Waals surface area contributed by atoms with E-state index in [1.807, 2.05) is 13.0 Å². The average Bonchev–Trinajstić information content (AvgIpc) is 2.35. The third-order valence-corrected chi connectivity index (χ3v) is 3.53. The van der Waals surface area contributed by atoms with Crippen LogP contribution in [0.2, 0.25) is 0 Å². The fourth-order valence-electron chi connectivity index (χ4n) is 2.26. The first-order valence-corrected chi connectivity index (χ1v) is 7.40. The highest BCUT2D eigenvalue weighted by Crippen LogP contribution is 2.20. The molecule has 1 aliphatic rings. The first-order valence-electron chi connectivity index (χ1n) is 6.61. The van der Waals surface area contributed by atoms with Crippen LogP contribution < -0.4 is 5.32 Å². The van der Waals surface area contributed by atoms with Gasteiger partial charge >= 0.3 is 0 Å². The minimum absolute atomic E-state index is 0.472. The molecule has 4 nitrogen and oxygen atoms in total. The zero-order valence-corrected chi connectivity index (χ0v) is 12.4. The average molecular weight is 314 g/mol. The van der Waals surface area contributed by atoms with Crippen molar-refractivity contribution in [3.8, 4) is 0 Å². The molecule has 1 fully saturated rings. The second-order valence-electron chi connectivity index (χ2n) is 4.68. The molecule has 0 spiro atoms. The van der Waals surface area contributed by atoms with Crippen molar-refractivity contribution in [2.45, 2.75) is 45.1 Å². The highest BCUT2D eigenvalue weighted by Gasteiger charge is 2.12. The smallest absolute Gasteiger partial charge is 0.130 e. The van der Waals surface area contributed by atoms with Gasteiger partial charge in [0.05, 0.1) is 12.7 Å². The van der Waals surface area contributed by atoms with Crippen molar-refractivity contribution in [3.63, 3.8) is 0 Å². The van der Waals surface area contributed by atoms with Gasteiger partial charge < -0.3 is 10.1 Å². The van der Waals surface area contributed by atoms with Crippen LogP contribution in [-0.4, -0.2) is 29.2 Å². The first kappa shape index (κ1) is 13.7. The number of ether oxygens (including phenoxy) is 1. The Morgan fingerprint density at radius 1 is 1.33 bits per heavy atom. The summed E-state index contributed by atoms with van der Waals surface area (Å²) in [4.78, 5) is 8.48. The predicted molar refractivity (Wildman–Crippen MR) is 75.8 cm³/mol. The monoisotopic (exact) mass is 313 g/mol. The molecule has 0 unspecified atom stereocenters. The Bertz CT molecular complexity index is 360. The zero-order chi connectivity index (χ0) is 12.8. The summed E-state index contributed by atoms with van der Waals surface area (Å²) in [6.45, 7) is 3.42. The van der Waals surface area contributed by atoms with Crippen LogP contribution in [0.3, 0.4) is 0 Å². The molecule has 1 heterocycles. The fourth-order valence-corrected chi connectivity index (χ4v) is 2.73. The van der Waals surface area contributed by atoms with Gasteiger partial charge in [0.1, 0.15) is 16.2 Å². The van der Waals surface area contributed by atoms with E-state index in [1.54, 1.807) is 0 Å². The summed E-state index contributed by atoms with van der Waals surface area (Å²) < 4.78 is 6.66. The van der Waals surface area contributed by atoms with Gasteiger partial charge in [-0.25, -0.2) is 9.97 Å². The van der Waals surface area contributed by atoms with Crippen LogP contribution in [0.5, 0.6) is 0 Å². The predicted octanol–water partition coefficient (Wildman–Crippen LogP) is 3.31. The largest absolute Gasteiger partial charge is 0.376 e. The van der Waals surface area contributed by atoms with Gasteiger partial charge in [0.2, 0.25) is 0 Å². The number of nitrogens with zero attached hydrogens (tertiary/aromatic N) is 2. The van der Waals surface area contributed by atoms with Crippen molar-refractivity contribution < 1.29 is 4.74 Å². The van der Waals surface area contributed by atoms with Gasteiger partial charge in [-0.2, -0.15) is 0 Å². The van der Waals surface area contributed by atoms with E-state index in [4.69, 9.17) is 4.74 Å². The Morgan fingerprint density at radius 3 is 2.83 bits per heavy atom. The van der Waals surface area contributed by atoms with Crippen molar-refractivity contribution in [2.24, 2.45) is 0 Å². The fraction of sp³-hybridized carbons (Fsp3) is 0.692. The van der Waals surface area contributed by atoms with Gasteiger partial charge in [0, 0.05) is 12.6 Å². The molecule has 0 aliphatic heterocycles. The van der Waals surface area contributed by atoms with E-state index < -0.39 is 0 Å². The Balaban J connectivity index is 1.68. The molecule has 1 N–H and O–H groups in total. The normalized spacial score (nSPS) is 16.8. The summed E-state index contributed by atoms with van der Waals surface area (Å²) in [5.41, 5.74) is 0. The summed E-state index contributed by atoms with van der Waals surface area (Å²) >= 11 is 3.36.